The summed E-state index contributed by atoms with van der Waals surface area (Å²) in [6.45, 7) is 0.162. The normalized spacial score (nSPS) is 11.3. The molecule has 0 aliphatic rings. The molecule has 10 heteroatoms. The Labute approximate surface area is 183 Å². The zero-order valence-electron chi connectivity index (χ0n) is 15.8. The Hall–Kier alpha value is -2.55. The van der Waals surface area contributed by atoms with Gasteiger partial charge in [-0.3, -0.25) is 4.72 Å². The van der Waals surface area contributed by atoms with Crippen molar-refractivity contribution in [3.05, 3.63) is 70.1 Å². The van der Waals surface area contributed by atoms with Crippen molar-refractivity contribution in [2.75, 3.05) is 23.3 Å². The molecule has 6 nitrogen and oxygen atoms in total. The number of hydrogen-bond acceptors (Lipinski definition) is 5. The molecule has 0 aliphatic carbocycles. The second-order valence-electron chi connectivity index (χ2n) is 6.48. The third kappa shape index (κ3) is 5.53. The van der Waals surface area contributed by atoms with Crippen molar-refractivity contribution in [1.82, 2.24) is 4.98 Å². The molecular formula is C20H18Cl2FN3O3S. The van der Waals surface area contributed by atoms with E-state index in [4.69, 9.17) is 33.7 Å². The Morgan fingerprint density at radius 3 is 2.50 bits per heavy atom. The number of nitrogens with one attached hydrogen (secondary N) is 1. The van der Waals surface area contributed by atoms with Crippen molar-refractivity contribution in [3.63, 3.8) is 0 Å². The number of benzene rings is 2. The minimum absolute atomic E-state index is 0.0336. The molecule has 30 heavy (non-hydrogen) atoms. The van der Waals surface area contributed by atoms with Crippen LogP contribution in [-0.4, -0.2) is 26.3 Å². The molecule has 0 amide bonds. The molecule has 3 aromatic rings. The van der Waals surface area contributed by atoms with Gasteiger partial charge in [-0.1, -0.05) is 35.3 Å². The largest absolute Gasteiger partial charge is 0.489 e. The van der Waals surface area contributed by atoms with Crippen LogP contribution in [0.15, 0.2) is 48.7 Å². The summed E-state index contributed by atoms with van der Waals surface area (Å²) in [6.07, 6.45) is 2.95. The van der Waals surface area contributed by atoms with E-state index in [0.29, 0.717) is 22.0 Å². The van der Waals surface area contributed by atoms with E-state index in [1.54, 1.807) is 36.5 Å². The molecule has 3 N–H and O–H groups in total. The first-order valence-corrected chi connectivity index (χ1v) is 11.4. The lowest BCUT2D eigenvalue weighted by Crippen LogP contribution is -2.09. The molecule has 0 radical (unpaired) electrons. The number of rotatable bonds is 7. The quantitative estimate of drug-likeness (QED) is 0.486. The predicted molar refractivity (Wildman–Crippen MR) is 118 cm³/mol. The van der Waals surface area contributed by atoms with E-state index in [1.807, 2.05) is 0 Å². The summed E-state index contributed by atoms with van der Waals surface area (Å²) in [7, 11) is -3.35. The minimum atomic E-state index is -3.35. The Bertz CT molecular complexity index is 1170. The molecule has 0 saturated heterocycles. The lowest BCUT2D eigenvalue weighted by atomic mass is 10.1. The maximum Gasteiger partial charge on any atom is 0.229 e. The highest BCUT2D eigenvalue weighted by atomic mass is 35.5. The van der Waals surface area contributed by atoms with Crippen LogP contribution in [0.4, 0.5) is 15.9 Å². The standard InChI is InChI=1S/C20H18Cl2FN3O3S/c1-30(27,28)26-14-4-2-12(3-5-14)13-10-18(20(24)25-11-13)29-9-8-15-16(21)6-7-17(23)19(15)22/h2-7,10-11,26H,8-9H2,1H3,(H2,24,25). The maximum absolute atomic E-state index is 13.6. The first-order chi connectivity index (χ1) is 14.1. The highest BCUT2D eigenvalue weighted by Crippen LogP contribution is 2.30. The van der Waals surface area contributed by atoms with E-state index >= 15 is 0 Å². The number of anilines is 2. The molecule has 0 atom stereocenters. The smallest absolute Gasteiger partial charge is 0.229 e. The monoisotopic (exact) mass is 469 g/mol. The van der Waals surface area contributed by atoms with E-state index in [-0.39, 0.29) is 23.9 Å². The molecular weight excluding hydrogens is 452 g/mol. The lowest BCUT2D eigenvalue weighted by molar-refractivity contribution is 0.322. The summed E-state index contributed by atoms with van der Waals surface area (Å²) in [5, 5.41) is 0.321. The van der Waals surface area contributed by atoms with Gasteiger partial charge in [0.1, 0.15) is 5.82 Å². The fourth-order valence-corrected chi connectivity index (χ4v) is 3.86. The zero-order valence-corrected chi connectivity index (χ0v) is 18.2. The first-order valence-electron chi connectivity index (χ1n) is 8.73. The van der Waals surface area contributed by atoms with Gasteiger partial charge in [-0.05, 0) is 41.5 Å². The molecule has 0 aliphatic heterocycles. The van der Waals surface area contributed by atoms with Crippen LogP contribution in [0.5, 0.6) is 5.75 Å². The van der Waals surface area contributed by atoms with Crippen LogP contribution < -0.4 is 15.2 Å². The van der Waals surface area contributed by atoms with E-state index in [2.05, 4.69) is 9.71 Å². The van der Waals surface area contributed by atoms with E-state index in [0.717, 1.165) is 17.4 Å². The molecule has 3 rings (SSSR count). The maximum atomic E-state index is 13.6. The fraction of sp³-hybridized carbons (Fsp3) is 0.150. The molecule has 0 spiro atoms. The van der Waals surface area contributed by atoms with Gasteiger partial charge in [0.2, 0.25) is 10.0 Å². The summed E-state index contributed by atoms with van der Waals surface area (Å²) in [6, 6.07) is 11.1. The van der Waals surface area contributed by atoms with Crippen LogP contribution in [0.2, 0.25) is 10.0 Å². The fourth-order valence-electron chi connectivity index (χ4n) is 2.73. The van der Waals surface area contributed by atoms with Crippen LogP contribution >= 0.6 is 23.2 Å². The van der Waals surface area contributed by atoms with Gasteiger partial charge in [-0.15, -0.1) is 0 Å². The van der Waals surface area contributed by atoms with Gasteiger partial charge in [-0.2, -0.15) is 0 Å². The molecule has 0 saturated carbocycles. The summed E-state index contributed by atoms with van der Waals surface area (Å²) in [4.78, 5) is 4.14. The van der Waals surface area contributed by atoms with Gasteiger partial charge in [0.15, 0.2) is 11.6 Å². The zero-order chi connectivity index (χ0) is 21.9. The molecule has 158 valence electrons. The average Bonchev–Trinajstić information content (AvgIpc) is 2.68. The average molecular weight is 470 g/mol. The second kappa shape index (κ2) is 9.07. The lowest BCUT2D eigenvalue weighted by Gasteiger charge is -2.12. The van der Waals surface area contributed by atoms with Crippen LogP contribution in [0.3, 0.4) is 0 Å². The Kier molecular flexibility index (Phi) is 6.70. The van der Waals surface area contributed by atoms with E-state index < -0.39 is 15.8 Å². The highest BCUT2D eigenvalue weighted by Gasteiger charge is 2.12. The van der Waals surface area contributed by atoms with Gasteiger partial charge in [0, 0.05) is 28.9 Å². The summed E-state index contributed by atoms with van der Waals surface area (Å²) in [5.41, 5.74) is 8.32. The van der Waals surface area contributed by atoms with Gasteiger partial charge < -0.3 is 10.5 Å². The number of nitrogen functional groups attached to an aromatic ring is 1. The number of pyridine rings is 1. The molecule has 0 fully saturated rings. The molecule has 0 bridgehead atoms. The van der Waals surface area contributed by atoms with Crippen molar-refractivity contribution in [1.29, 1.82) is 0 Å². The van der Waals surface area contributed by atoms with Crippen molar-refractivity contribution in [3.8, 4) is 16.9 Å². The number of nitrogens with zero attached hydrogens (tertiary/aromatic N) is 1. The van der Waals surface area contributed by atoms with Crippen LogP contribution in [0.1, 0.15) is 5.56 Å². The van der Waals surface area contributed by atoms with Gasteiger partial charge >= 0.3 is 0 Å². The van der Waals surface area contributed by atoms with Gasteiger partial charge in [0.05, 0.1) is 17.9 Å². The Morgan fingerprint density at radius 2 is 1.83 bits per heavy atom. The highest BCUT2D eigenvalue weighted by molar-refractivity contribution is 7.92. The number of ether oxygens (including phenoxy) is 1. The predicted octanol–water partition coefficient (Wildman–Crippen LogP) is 4.77. The van der Waals surface area contributed by atoms with Crippen molar-refractivity contribution in [2.24, 2.45) is 0 Å². The summed E-state index contributed by atoms with van der Waals surface area (Å²) in [5.74, 6) is 0.00749. The minimum Gasteiger partial charge on any atom is -0.489 e. The van der Waals surface area contributed by atoms with Gasteiger partial charge in [-0.25, -0.2) is 17.8 Å². The van der Waals surface area contributed by atoms with E-state index in [9.17, 15) is 12.8 Å². The number of halogens is 3. The van der Waals surface area contributed by atoms with Crippen LogP contribution in [0, 0.1) is 5.82 Å². The topological polar surface area (TPSA) is 94.3 Å². The van der Waals surface area contributed by atoms with Gasteiger partial charge in [0.25, 0.3) is 0 Å². The van der Waals surface area contributed by atoms with Crippen LogP contribution in [0.25, 0.3) is 11.1 Å². The second-order valence-corrected chi connectivity index (χ2v) is 9.01. The Morgan fingerprint density at radius 1 is 1.13 bits per heavy atom. The number of nitrogens with two attached hydrogens (primary N) is 1. The summed E-state index contributed by atoms with van der Waals surface area (Å²) >= 11 is 12.1. The molecule has 0 unspecified atom stereocenters. The molecule has 1 aromatic heterocycles. The summed E-state index contributed by atoms with van der Waals surface area (Å²) < 4.78 is 44.4. The van der Waals surface area contributed by atoms with Crippen molar-refractivity contribution >= 4 is 44.7 Å². The molecule has 2 aromatic carbocycles. The van der Waals surface area contributed by atoms with Crippen molar-refractivity contribution < 1.29 is 17.5 Å². The Balaban J connectivity index is 1.74. The number of aromatic nitrogens is 1. The van der Waals surface area contributed by atoms with Crippen LogP contribution in [-0.2, 0) is 16.4 Å². The third-order valence-corrected chi connectivity index (χ3v) is 5.52. The SMILES string of the molecule is CS(=O)(=O)Nc1ccc(-c2cnc(N)c(OCCc3c(Cl)ccc(F)c3Cl)c2)cc1. The van der Waals surface area contributed by atoms with Crippen molar-refractivity contribution in [2.45, 2.75) is 6.42 Å². The number of hydrogen-bond donors (Lipinski definition) is 2. The number of sulfonamides is 1. The first kappa shape index (κ1) is 22.1. The molecule has 1 heterocycles. The van der Waals surface area contributed by atoms with E-state index in [1.165, 1.54) is 12.1 Å². The third-order valence-electron chi connectivity index (χ3n) is 4.15.